The molecule has 0 heterocycles. The highest BCUT2D eigenvalue weighted by Gasteiger charge is 2.32. The van der Waals surface area contributed by atoms with Gasteiger partial charge >= 0.3 is 0 Å². The number of nitrogens with two attached hydrogens (primary N) is 1. The van der Waals surface area contributed by atoms with Crippen molar-refractivity contribution in [2.24, 2.45) is 5.73 Å². The molecule has 2 atom stereocenters. The maximum Gasteiger partial charge on any atom is 0.198 e. The number of rotatable bonds is 4. The molecule has 0 aliphatic heterocycles. The van der Waals surface area contributed by atoms with E-state index in [1.165, 1.54) is 6.54 Å². The van der Waals surface area contributed by atoms with Crippen molar-refractivity contribution in [2.75, 3.05) is 0 Å². The zero-order chi connectivity index (χ0) is 13.2. The average molecular weight is 252 g/mol. The Bertz CT molecular complexity index is 418. The van der Waals surface area contributed by atoms with Crippen LogP contribution in [0.2, 0.25) is 0 Å². The van der Waals surface area contributed by atoms with Gasteiger partial charge in [0.2, 0.25) is 0 Å². The Balaban J connectivity index is 3.21. The van der Waals surface area contributed by atoms with Gasteiger partial charge in [-0.05, 0) is 31.9 Å². The molecule has 93 valence electrons. The van der Waals surface area contributed by atoms with Gasteiger partial charge in [0.1, 0.15) is 5.34 Å². The van der Waals surface area contributed by atoms with Crippen molar-refractivity contribution in [3.8, 4) is 0 Å². The molecule has 0 spiro atoms. The van der Waals surface area contributed by atoms with E-state index in [2.05, 4.69) is 9.24 Å². The number of benzene rings is 1. The van der Waals surface area contributed by atoms with E-state index in [1.54, 1.807) is 0 Å². The van der Waals surface area contributed by atoms with Crippen LogP contribution in [-0.2, 0) is 0 Å². The summed E-state index contributed by atoms with van der Waals surface area (Å²) in [5.74, 6) is -0.306. The molecule has 0 amide bonds. The summed E-state index contributed by atoms with van der Waals surface area (Å²) in [7, 11) is 2.18. The predicted octanol–water partition coefficient (Wildman–Crippen LogP) is 1.87. The van der Waals surface area contributed by atoms with Crippen molar-refractivity contribution < 1.29 is 9.90 Å². The van der Waals surface area contributed by atoms with Gasteiger partial charge in [0.15, 0.2) is 5.78 Å². The van der Waals surface area contributed by atoms with Crippen molar-refractivity contribution in [2.45, 2.75) is 32.5 Å². The van der Waals surface area contributed by atoms with Gasteiger partial charge in [-0.3, -0.25) is 4.79 Å². The van der Waals surface area contributed by atoms with E-state index in [9.17, 15) is 9.90 Å². The minimum absolute atomic E-state index is 0.114. The van der Waals surface area contributed by atoms with Crippen LogP contribution in [0.3, 0.4) is 0 Å². The summed E-state index contributed by atoms with van der Waals surface area (Å²) in [6, 6.07) is 3.88. The molecule has 0 aromatic heterocycles. The lowest BCUT2D eigenvalue weighted by Gasteiger charge is -2.23. The number of ketones is 1. The fourth-order valence-corrected chi connectivity index (χ4v) is 2.31. The van der Waals surface area contributed by atoms with Crippen LogP contribution in [0.5, 0.6) is 0 Å². The number of carbonyl (C=O) groups is 1. The highest BCUT2D eigenvalue weighted by atomic mass is 31.0. The maximum absolute atomic E-state index is 12.3. The van der Waals surface area contributed by atoms with Crippen molar-refractivity contribution in [1.29, 1.82) is 0 Å². The molecule has 17 heavy (non-hydrogen) atoms. The standard InChI is InChI=1S/C13H19NO2P/c1-8-6-9(2)11(10(3)7-8)12(15)13(16,17)4-5-14/h5-7,16H,4,14,17H2,1-3H3. The lowest BCUT2D eigenvalue weighted by atomic mass is 9.93. The van der Waals surface area contributed by atoms with Crippen LogP contribution in [0.15, 0.2) is 12.1 Å². The van der Waals surface area contributed by atoms with Gasteiger partial charge in [0.05, 0.1) is 0 Å². The Morgan fingerprint density at radius 2 is 1.88 bits per heavy atom. The first-order chi connectivity index (χ1) is 7.79. The van der Waals surface area contributed by atoms with E-state index in [4.69, 9.17) is 5.73 Å². The number of aryl methyl sites for hydroxylation is 3. The second-order valence-corrected chi connectivity index (χ2v) is 5.42. The van der Waals surface area contributed by atoms with Crippen LogP contribution in [0.25, 0.3) is 0 Å². The van der Waals surface area contributed by atoms with Crippen molar-refractivity contribution in [3.05, 3.63) is 40.9 Å². The molecule has 0 saturated heterocycles. The minimum Gasteiger partial charge on any atom is -0.378 e. The summed E-state index contributed by atoms with van der Waals surface area (Å²) >= 11 is 0. The quantitative estimate of drug-likeness (QED) is 0.635. The number of Topliss-reactive ketones (excluding diaryl/α,β-unsaturated/α-hetero) is 1. The molecule has 4 heteroatoms. The topological polar surface area (TPSA) is 63.3 Å². The van der Waals surface area contributed by atoms with Gasteiger partial charge in [-0.2, -0.15) is 0 Å². The molecule has 0 fully saturated rings. The Labute approximate surface area is 105 Å². The van der Waals surface area contributed by atoms with Gasteiger partial charge in [-0.25, -0.2) is 0 Å². The fourth-order valence-electron chi connectivity index (χ4n) is 2.03. The van der Waals surface area contributed by atoms with Gasteiger partial charge in [0.25, 0.3) is 0 Å². The maximum atomic E-state index is 12.3. The molecule has 0 aliphatic rings. The van der Waals surface area contributed by atoms with Crippen LogP contribution in [0.4, 0.5) is 0 Å². The van der Waals surface area contributed by atoms with Gasteiger partial charge in [-0.1, -0.05) is 26.9 Å². The van der Waals surface area contributed by atoms with Crippen LogP contribution < -0.4 is 5.73 Å². The van der Waals surface area contributed by atoms with Crippen molar-refractivity contribution in [3.63, 3.8) is 0 Å². The van der Waals surface area contributed by atoms with E-state index in [1.807, 2.05) is 32.9 Å². The molecule has 0 aliphatic carbocycles. The fraction of sp³-hybridized carbons (Fsp3) is 0.385. The summed E-state index contributed by atoms with van der Waals surface area (Å²) in [6.45, 7) is 7.03. The number of aliphatic hydroxyl groups is 1. The molecular formula is C13H19NO2P. The highest BCUT2D eigenvalue weighted by Crippen LogP contribution is 2.28. The molecule has 3 N–H and O–H groups in total. The van der Waals surface area contributed by atoms with Crippen LogP contribution in [-0.4, -0.2) is 16.2 Å². The largest absolute Gasteiger partial charge is 0.378 e. The van der Waals surface area contributed by atoms with Crippen LogP contribution in [0, 0.1) is 27.3 Å². The summed E-state index contributed by atoms with van der Waals surface area (Å²) in [5, 5.41) is 8.54. The van der Waals surface area contributed by atoms with E-state index < -0.39 is 5.34 Å². The Kier molecular flexibility index (Phi) is 4.42. The lowest BCUT2D eigenvalue weighted by Crippen LogP contribution is -2.33. The molecule has 3 nitrogen and oxygen atoms in total. The molecule has 1 aromatic rings. The first-order valence-corrected chi connectivity index (χ1v) is 6.04. The van der Waals surface area contributed by atoms with Crippen LogP contribution >= 0.6 is 9.24 Å². The highest BCUT2D eigenvalue weighted by molar-refractivity contribution is 7.20. The summed E-state index contributed by atoms with van der Waals surface area (Å²) < 4.78 is 0. The number of carbonyl (C=O) groups excluding carboxylic acids is 1. The SMILES string of the molecule is Cc1cc(C)c(C(=O)C(O)(P)C[CH]N)c(C)c1. The van der Waals surface area contributed by atoms with Gasteiger partial charge < -0.3 is 10.8 Å². The molecule has 1 rings (SSSR count). The Morgan fingerprint density at radius 1 is 1.41 bits per heavy atom. The predicted molar refractivity (Wildman–Crippen MR) is 72.7 cm³/mol. The third-order valence-corrected chi connectivity index (χ3v) is 3.22. The first kappa shape index (κ1) is 14.3. The smallest absolute Gasteiger partial charge is 0.198 e. The molecule has 2 unspecified atom stereocenters. The lowest BCUT2D eigenvalue weighted by molar-refractivity contribution is 0.0657. The van der Waals surface area contributed by atoms with E-state index in [0.717, 1.165) is 16.7 Å². The molecule has 0 bridgehead atoms. The molecule has 1 aromatic carbocycles. The Morgan fingerprint density at radius 3 is 2.29 bits per heavy atom. The molecule has 1 radical (unpaired) electrons. The summed E-state index contributed by atoms with van der Waals surface area (Å²) in [5.41, 5.74) is 8.72. The second-order valence-electron chi connectivity index (χ2n) is 4.47. The van der Waals surface area contributed by atoms with Gasteiger partial charge in [0, 0.05) is 18.5 Å². The third-order valence-electron chi connectivity index (χ3n) is 2.73. The zero-order valence-electron chi connectivity index (χ0n) is 10.4. The molecule has 0 saturated carbocycles. The average Bonchev–Trinajstić information content (AvgIpc) is 2.15. The monoisotopic (exact) mass is 252 g/mol. The van der Waals surface area contributed by atoms with E-state index in [0.29, 0.717) is 5.56 Å². The molecular weight excluding hydrogens is 233 g/mol. The number of hydrogen-bond acceptors (Lipinski definition) is 3. The third kappa shape index (κ3) is 3.12. The normalized spacial score (nSPS) is 14.5. The first-order valence-electron chi connectivity index (χ1n) is 5.47. The van der Waals surface area contributed by atoms with Crippen molar-refractivity contribution in [1.82, 2.24) is 0 Å². The van der Waals surface area contributed by atoms with E-state index in [-0.39, 0.29) is 12.2 Å². The van der Waals surface area contributed by atoms with E-state index >= 15 is 0 Å². The number of hydrogen-bond donors (Lipinski definition) is 2. The van der Waals surface area contributed by atoms with Gasteiger partial charge in [-0.15, -0.1) is 0 Å². The summed E-state index contributed by atoms with van der Waals surface area (Å²) in [6.07, 6.45) is 0.114. The van der Waals surface area contributed by atoms with Crippen LogP contribution in [0.1, 0.15) is 33.5 Å². The second kappa shape index (κ2) is 5.26. The Hall–Kier alpha value is -0.760. The summed E-state index contributed by atoms with van der Waals surface area (Å²) in [4.78, 5) is 12.3. The minimum atomic E-state index is -1.51. The van der Waals surface area contributed by atoms with Crippen molar-refractivity contribution >= 4 is 15.0 Å². The zero-order valence-corrected chi connectivity index (χ0v) is 11.6.